The standard InChI is InChI=1S/C15H23O/c1-5-7-12-9-10-14(15(3,4)16)13(11-12)8-6-2/h9-11H,5-8H2,1-4H3. The third kappa shape index (κ3) is 3.34. The predicted molar refractivity (Wildman–Crippen MR) is 68.1 cm³/mol. The SMILES string of the molecule is CCCc1ccc(C(C)(C)[O])c(CCC)c1. The average molecular weight is 219 g/mol. The summed E-state index contributed by atoms with van der Waals surface area (Å²) in [5, 5.41) is 12.1. The van der Waals surface area contributed by atoms with E-state index in [2.05, 4.69) is 26.0 Å². The van der Waals surface area contributed by atoms with Crippen LogP contribution in [-0.4, -0.2) is 0 Å². The van der Waals surface area contributed by atoms with Gasteiger partial charge in [0.05, 0.1) is 0 Å². The summed E-state index contributed by atoms with van der Waals surface area (Å²) < 4.78 is 0. The molecule has 0 aromatic heterocycles. The van der Waals surface area contributed by atoms with E-state index in [0.717, 1.165) is 31.2 Å². The van der Waals surface area contributed by atoms with Crippen LogP contribution in [0.3, 0.4) is 0 Å². The summed E-state index contributed by atoms with van der Waals surface area (Å²) in [5.41, 5.74) is 2.59. The normalized spacial score (nSPS) is 11.8. The van der Waals surface area contributed by atoms with Gasteiger partial charge in [-0.3, -0.25) is 0 Å². The molecule has 0 aliphatic heterocycles. The van der Waals surface area contributed by atoms with Gasteiger partial charge in [-0.05, 0) is 43.4 Å². The summed E-state index contributed by atoms with van der Waals surface area (Å²) in [6, 6.07) is 6.36. The highest BCUT2D eigenvalue weighted by Crippen LogP contribution is 2.26. The van der Waals surface area contributed by atoms with Crippen molar-refractivity contribution < 1.29 is 5.11 Å². The van der Waals surface area contributed by atoms with Crippen molar-refractivity contribution >= 4 is 0 Å². The summed E-state index contributed by atoms with van der Waals surface area (Å²) in [4.78, 5) is 0. The summed E-state index contributed by atoms with van der Waals surface area (Å²) in [7, 11) is 0. The molecule has 0 aliphatic rings. The maximum absolute atomic E-state index is 12.1. The topological polar surface area (TPSA) is 19.9 Å². The van der Waals surface area contributed by atoms with E-state index in [9.17, 15) is 5.11 Å². The second-order valence-electron chi connectivity index (χ2n) is 5.00. The maximum atomic E-state index is 12.1. The molecule has 1 radical (unpaired) electrons. The lowest BCUT2D eigenvalue weighted by Gasteiger charge is -2.20. The Kier molecular flexibility index (Phi) is 4.55. The molecule has 1 nitrogen and oxygen atoms in total. The lowest BCUT2D eigenvalue weighted by atomic mass is 9.89. The van der Waals surface area contributed by atoms with Crippen LogP contribution in [-0.2, 0) is 23.5 Å². The monoisotopic (exact) mass is 219 g/mol. The van der Waals surface area contributed by atoms with E-state index in [-0.39, 0.29) is 0 Å². The molecule has 1 rings (SSSR count). The van der Waals surface area contributed by atoms with Crippen LogP contribution in [0.25, 0.3) is 0 Å². The van der Waals surface area contributed by atoms with E-state index in [4.69, 9.17) is 0 Å². The minimum atomic E-state index is -0.977. The van der Waals surface area contributed by atoms with E-state index in [1.54, 1.807) is 13.8 Å². The van der Waals surface area contributed by atoms with Crippen molar-refractivity contribution in [3.63, 3.8) is 0 Å². The lowest BCUT2D eigenvalue weighted by molar-refractivity contribution is -0.000854. The van der Waals surface area contributed by atoms with Gasteiger partial charge in [-0.1, -0.05) is 44.9 Å². The minimum Gasteiger partial charge on any atom is -0.225 e. The summed E-state index contributed by atoms with van der Waals surface area (Å²) >= 11 is 0. The number of hydrogen-bond donors (Lipinski definition) is 0. The highest BCUT2D eigenvalue weighted by atomic mass is 16.3. The van der Waals surface area contributed by atoms with Crippen molar-refractivity contribution in [2.75, 3.05) is 0 Å². The molecule has 1 aromatic rings. The van der Waals surface area contributed by atoms with Gasteiger partial charge in [0.2, 0.25) is 0 Å². The van der Waals surface area contributed by atoms with Crippen LogP contribution in [0.5, 0.6) is 0 Å². The van der Waals surface area contributed by atoms with Crippen molar-refractivity contribution in [3.05, 3.63) is 34.9 Å². The largest absolute Gasteiger partial charge is 0.225 e. The second-order valence-corrected chi connectivity index (χ2v) is 5.00. The molecule has 16 heavy (non-hydrogen) atoms. The van der Waals surface area contributed by atoms with Gasteiger partial charge in [0.1, 0.15) is 5.60 Å². The molecule has 0 fully saturated rings. The Labute approximate surface area is 99.5 Å². The molecule has 0 atom stereocenters. The number of rotatable bonds is 5. The fourth-order valence-electron chi connectivity index (χ4n) is 2.15. The Morgan fingerprint density at radius 2 is 1.69 bits per heavy atom. The van der Waals surface area contributed by atoms with E-state index in [1.165, 1.54) is 11.1 Å². The van der Waals surface area contributed by atoms with Crippen molar-refractivity contribution in [1.82, 2.24) is 0 Å². The molecule has 0 N–H and O–H groups in total. The summed E-state index contributed by atoms with van der Waals surface area (Å²) in [6.45, 7) is 7.85. The molecule has 0 spiro atoms. The quantitative estimate of drug-likeness (QED) is 0.705. The van der Waals surface area contributed by atoms with Crippen molar-refractivity contribution in [2.24, 2.45) is 0 Å². The zero-order chi connectivity index (χ0) is 12.2. The van der Waals surface area contributed by atoms with Gasteiger partial charge < -0.3 is 0 Å². The third-order valence-corrected chi connectivity index (χ3v) is 2.88. The molecular weight excluding hydrogens is 196 g/mol. The molecule has 0 heterocycles. The highest BCUT2D eigenvalue weighted by molar-refractivity contribution is 5.35. The first-order valence-electron chi connectivity index (χ1n) is 6.31. The fraction of sp³-hybridized carbons (Fsp3) is 0.600. The van der Waals surface area contributed by atoms with Crippen LogP contribution in [0.2, 0.25) is 0 Å². The summed E-state index contributed by atoms with van der Waals surface area (Å²) in [6.07, 6.45) is 4.37. The molecule has 0 amide bonds. The lowest BCUT2D eigenvalue weighted by Crippen LogP contribution is -2.16. The van der Waals surface area contributed by atoms with Crippen molar-refractivity contribution in [1.29, 1.82) is 0 Å². The van der Waals surface area contributed by atoms with Crippen molar-refractivity contribution in [2.45, 2.75) is 59.0 Å². The first kappa shape index (κ1) is 13.2. The zero-order valence-corrected chi connectivity index (χ0v) is 11.0. The van der Waals surface area contributed by atoms with E-state index >= 15 is 0 Å². The Hall–Kier alpha value is -0.820. The molecule has 89 valence electrons. The molecule has 0 bridgehead atoms. The Morgan fingerprint density at radius 1 is 1.06 bits per heavy atom. The fourth-order valence-corrected chi connectivity index (χ4v) is 2.15. The van der Waals surface area contributed by atoms with Gasteiger partial charge in [0.25, 0.3) is 0 Å². The molecule has 0 saturated heterocycles. The van der Waals surface area contributed by atoms with Gasteiger partial charge in [-0.2, -0.15) is 0 Å². The molecule has 1 heteroatoms. The maximum Gasteiger partial charge on any atom is 0.123 e. The summed E-state index contributed by atoms with van der Waals surface area (Å²) in [5.74, 6) is 0. The Balaban J connectivity index is 3.09. The Morgan fingerprint density at radius 3 is 2.19 bits per heavy atom. The molecule has 0 aliphatic carbocycles. The van der Waals surface area contributed by atoms with Gasteiger partial charge in [0.15, 0.2) is 0 Å². The van der Waals surface area contributed by atoms with Crippen LogP contribution in [0.4, 0.5) is 0 Å². The zero-order valence-electron chi connectivity index (χ0n) is 11.0. The van der Waals surface area contributed by atoms with Crippen LogP contribution in [0.15, 0.2) is 18.2 Å². The van der Waals surface area contributed by atoms with Gasteiger partial charge in [-0.25, -0.2) is 5.11 Å². The molecular formula is C15H23O. The minimum absolute atomic E-state index is 0.967. The van der Waals surface area contributed by atoms with Gasteiger partial charge in [-0.15, -0.1) is 0 Å². The van der Waals surface area contributed by atoms with Crippen LogP contribution >= 0.6 is 0 Å². The van der Waals surface area contributed by atoms with Crippen LogP contribution in [0.1, 0.15) is 57.2 Å². The number of aryl methyl sites for hydroxylation is 2. The first-order valence-corrected chi connectivity index (χ1v) is 6.31. The van der Waals surface area contributed by atoms with Crippen molar-refractivity contribution in [3.8, 4) is 0 Å². The first-order chi connectivity index (χ1) is 7.49. The van der Waals surface area contributed by atoms with Crippen LogP contribution in [0, 0.1) is 0 Å². The predicted octanol–water partition coefficient (Wildman–Crippen LogP) is 4.26. The van der Waals surface area contributed by atoms with Gasteiger partial charge in [0, 0.05) is 0 Å². The smallest absolute Gasteiger partial charge is 0.123 e. The molecule has 0 saturated carbocycles. The van der Waals surface area contributed by atoms with E-state index in [1.807, 2.05) is 6.07 Å². The van der Waals surface area contributed by atoms with E-state index in [0.29, 0.717) is 0 Å². The molecule has 0 unspecified atom stereocenters. The average Bonchev–Trinajstić information content (AvgIpc) is 2.17. The van der Waals surface area contributed by atoms with E-state index < -0.39 is 5.60 Å². The highest BCUT2D eigenvalue weighted by Gasteiger charge is 2.21. The van der Waals surface area contributed by atoms with Crippen LogP contribution < -0.4 is 0 Å². The third-order valence-electron chi connectivity index (χ3n) is 2.88. The molecule has 1 aromatic carbocycles. The Bertz CT molecular complexity index is 334. The number of benzene rings is 1. The van der Waals surface area contributed by atoms with Gasteiger partial charge >= 0.3 is 0 Å². The second kappa shape index (κ2) is 5.49. The number of hydrogen-bond acceptors (Lipinski definition) is 0.